The molecule has 0 aliphatic carbocycles. The van der Waals surface area contributed by atoms with E-state index in [1.54, 1.807) is 34.5 Å². The number of rotatable bonds is 11. The molecule has 9 rings (SSSR count). The first kappa shape index (κ1) is 43.1. The average Bonchev–Trinajstić information content (AvgIpc) is 4.15. The molecule has 7 heterocycles. The molecule has 0 bridgehead atoms. The van der Waals surface area contributed by atoms with Gasteiger partial charge < -0.3 is 49.0 Å². The molecule has 2 fully saturated rings. The summed E-state index contributed by atoms with van der Waals surface area (Å²) in [5, 5.41) is 6.16. The highest BCUT2D eigenvalue weighted by Gasteiger charge is 2.40. The topological polar surface area (TPSA) is 215 Å². The van der Waals surface area contributed by atoms with Crippen LogP contribution in [0.15, 0.2) is 65.8 Å². The van der Waals surface area contributed by atoms with E-state index >= 15 is 4.39 Å². The number of likely N-dealkylation sites (tertiary alicyclic amines) is 2. The number of benzene rings is 2. The lowest BCUT2D eigenvalue weighted by molar-refractivity contribution is -0.136. The van der Waals surface area contributed by atoms with Crippen LogP contribution in [-0.2, 0) is 19.1 Å². The molecule has 0 radical (unpaired) electrons. The van der Waals surface area contributed by atoms with Gasteiger partial charge in [0.05, 0.1) is 73.1 Å². The van der Waals surface area contributed by atoms with Crippen molar-refractivity contribution in [3.63, 3.8) is 0 Å². The van der Waals surface area contributed by atoms with E-state index in [2.05, 4.69) is 30.6 Å². The maximum Gasteiger partial charge on any atom is 0.407 e. The number of ether oxygens (including phenoxy) is 3. The lowest BCUT2D eigenvalue weighted by Gasteiger charge is -2.30. The van der Waals surface area contributed by atoms with E-state index in [9.17, 15) is 19.2 Å². The second kappa shape index (κ2) is 17.4. The van der Waals surface area contributed by atoms with Crippen LogP contribution in [0.3, 0.4) is 0 Å². The third-order valence-corrected chi connectivity index (χ3v) is 12.6. The number of methoxy groups -OCH3 is 2. The Hall–Kier alpha value is -7.18. The minimum Gasteiger partial charge on any atom is -0.462 e. The lowest BCUT2D eigenvalue weighted by Crippen LogP contribution is -2.51. The number of oxazole rings is 1. The number of aromatic nitrogens is 6. The number of hydrogen-bond acceptors (Lipinski definition) is 11. The predicted molar refractivity (Wildman–Crippen MR) is 233 cm³/mol. The molecule has 4 N–H and O–H groups in total. The Morgan fingerprint density at radius 2 is 1.37 bits per heavy atom. The van der Waals surface area contributed by atoms with Crippen LogP contribution >= 0.6 is 0 Å². The molecule has 340 valence electrons. The van der Waals surface area contributed by atoms with Crippen molar-refractivity contribution >= 4 is 34.9 Å². The van der Waals surface area contributed by atoms with E-state index in [-0.39, 0.29) is 47.0 Å². The number of nitrogens with one attached hydrogen (secondary N) is 4. The van der Waals surface area contributed by atoms with Gasteiger partial charge in [0.1, 0.15) is 35.3 Å². The van der Waals surface area contributed by atoms with E-state index in [1.807, 2.05) is 56.5 Å². The van der Waals surface area contributed by atoms with Gasteiger partial charge in [0.15, 0.2) is 12.2 Å². The van der Waals surface area contributed by atoms with Crippen molar-refractivity contribution in [2.75, 3.05) is 27.3 Å². The zero-order chi connectivity index (χ0) is 45.7. The van der Waals surface area contributed by atoms with Crippen molar-refractivity contribution in [2.45, 2.75) is 83.8 Å². The van der Waals surface area contributed by atoms with Crippen LogP contribution in [0.4, 0.5) is 14.0 Å². The highest BCUT2D eigenvalue weighted by molar-refractivity contribution is 5.93. The Kier molecular flexibility index (Phi) is 11.5. The average molecular weight is 891 g/mol. The first-order valence-corrected chi connectivity index (χ1v) is 21.8. The Morgan fingerprint density at radius 1 is 0.785 bits per heavy atom. The molecule has 4 amide bonds. The molecule has 3 aliphatic rings. The molecule has 65 heavy (non-hydrogen) atoms. The number of alkyl carbamates (subject to hydrolysis) is 2. The molecule has 0 saturated carbocycles. The quantitative estimate of drug-likeness (QED) is 0.102. The highest BCUT2D eigenvalue weighted by atomic mass is 19.1. The number of fused-ring (bicyclic) bond motifs is 5. The minimum atomic E-state index is -0.825. The van der Waals surface area contributed by atoms with Gasteiger partial charge in [0.2, 0.25) is 18.0 Å². The molecule has 3 aliphatic heterocycles. The van der Waals surface area contributed by atoms with Gasteiger partial charge in [-0.2, -0.15) is 0 Å². The number of imidazole rings is 2. The van der Waals surface area contributed by atoms with Crippen LogP contribution in [-0.4, -0.2) is 103 Å². The van der Waals surface area contributed by atoms with E-state index in [0.717, 1.165) is 35.0 Å². The van der Waals surface area contributed by atoms with Gasteiger partial charge in [0, 0.05) is 29.6 Å². The molecular formula is C46H51FN10O8. The van der Waals surface area contributed by atoms with Crippen molar-refractivity contribution in [1.82, 2.24) is 49.9 Å². The summed E-state index contributed by atoms with van der Waals surface area (Å²) in [6, 6.07) is 8.78. The van der Waals surface area contributed by atoms with E-state index in [4.69, 9.17) is 23.6 Å². The van der Waals surface area contributed by atoms with Crippen LogP contribution < -0.4 is 15.4 Å². The fraction of sp³-hybridized carbons (Fsp3) is 0.413. The molecule has 5 atom stereocenters. The van der Waals surface area contributed by atoms with Crippen LogP contribution in [0, 0.1) is 17.7 Å². The Labute approximate surface area is 373 Å². The fourth-order valence-corrected chi connectivity index (χ4v) is 9.32. The second-order valence-corrected chi connectivity index (χ2v) is 17.3. The largest absolute Gasteiger partial charge is 0.462 e. The molecule has 1 unspecified atom stereocenters. The number of nitrogens with zero attached hydrogens (tertiary/aromatic N) is 6. The van der Waals surface area contributed by atoms with Crippen molar-refractivity contribution in [2.24, 2.45) is 11.8 Å². The summed E-state index contributed by atoms with van der Waals surface area (Å²) in [6.07, 6.45) is 6.98. The number of aromatic amines is 2. The van der Waals surface area contributed by atoms with Crippen molar-refractivity contribution in [1.29, 1.82) is 0 Å². The number of amides is 4. The maximum atomic E-state index is 16.7. The Bertz CT molecular complexity index is 2760. The summed E-state index contributed by atoms with van der Waals surface area (Å²) in [5.74, 6) is 0.600. The number of hydrogen-bond donors (Lipinski definition) is 4. The molecule has 18 nitrogen and oxygen atoms in total. The Balaban J connectivity index is 1.01. The number of H-pyrrole nitrogens is 2. The minimum absolute atomic E-state index is 0.160. The number of halogens is 1. The van der Waals surface area contributed by atoms with Gasteiger partial charge in [-0.1, -0.05) is 33.8 Å². The van der Waals surface area contributed by atoms with Crippen molar-refractivity contribution in [3.05, 3.63) is 84.6 Å². The Morgan fingerprint density at radius 3 is 1.91 bits per heavy atom. The lowest BCUT2D eigenvalue weighted by atomic mass is 10.0. The van der Waals surface area contributed by atoms with Crippen molar-refractivity contribution in [3.8, 4) is 39.5 Å². The van der Waals surface area contributed by atoms with Crippen LogP contribution in [0.2, 0.25) is 0 Å². The molecule has 19 heteroatoms. The summed E-state index contributed by atoms with van der Waals surface area (Å²) in [6.45, 7) is 8.49. The zero-order valence-electron chi connectivity index (χ0n) is 36.9. The third-order valence-electron chi connectivity index (χ3n) is 12.6. The zero-order valence-corrected chi connectivity index (χ0v) is 36.9. The standard InChI is InChI=1S/C46H51FN10O8/c1-23(2)38(53-45(60)62-5)42(58)55-13-7-9-32(55)40-49-19-29(51-40)25-11-12-31-27(15-25)17-34-37-28(47)16-26(18-35(37)65-44(57(31)34)36-21-48-22-64-36)30-20-50-41(52-30)33-10-8-14-56(33)43(59)39(24(3)4)54-46(61)63-6/h11-12,15-24,32-33,38-39,44H,7-10,13-14H2,1-6H3,(H,49,51)(H,50,52)(H,53,60)(H,54,61)/t32-,33-,38-,39-,44?/m0/s1. The van der Waals surface area contributed by atoms with Crippen molar-refractivity contribution < 1.29 is 42.2 Å². The van der Waals surface area contributed by atoms with Gasteiger partial charge in [-0.25, -0.2) is 28.9 Å². The summed E-state index contributed by atoms with van der Waals surface area (Å²) in [7, 11) is 2.53. The molecular weight excluding hydrogens is 840 g/mol. The molecule has 4 aromatic heterocycles. The highest BCUT2D eigenvalue weighted by Crippen LogP contribution is 2.47. The van der Waals surface area contributed by atoms with Crippen LogP contribution in [0.25, 0.3) is 44.7 Å². The first-order chi connectivity index (χ1) is 31.3. The smallest absolute Gasteiger partial charge is 0.407 e. The SMILES string of the molecule is COC(=O)N[C@H](C(=O)N1CCC[C@H]1c1ncc(-c2cc(F)c3c(c2)OC(c2cnco2)n2c-3cc3cc(-c4cnc([C@@H]5CCCN5C(=O)[C@@H](NC(=O)OC)C(C)C)[nH]4)ccc32)[nH]1)C(C)C. The van der Waals surface area contributed by atoms with Gasteiger partial charge in [-0.05, 0) is 67.9 Å². The molecule has 6 aromatic rings. The third kappa shape index (κ3) is 7.92. The molecule has 0 spiro atoms. The van der Waals surface area contributed by atoms with Crippen LogP contribution in [0.5, 0.6) is 5.75 Å². The van der Waals surface area contributed by atoms with E-state index in [1.165, 1.54) is 26.7 Å². The fourth-order valence-electron chi connectivity index (χ4n) is 9.32. The summed E-state index contributed by atoms with van der Waals surface area (Å²) in [4.78, 5) is 75.4. The van der Waals surface area contributed by atoms with Gasteiger partial charge in [0.25, 0.3) is 0 Å². The second-order valence-electron chi connectivity index (χ2n) is 17.3. The summed E-state index contributed by atoms with van der Waals surface area (Å²) >= 11 is 0. The van der Waals surface area contributed by atoms with Gasteiger partial charge in [-0.3, -0.25) is 14.2 Å². The maximum absolute atomic E-state index is 16.7. The number of carbonyl (C=O) groups is 4. The summed E-state index contributed by atoms with van der Waals surface area (Å²) < 4.78 is 40.5. The van der Waals surface area contributed by atoms with Gasteiger partial charge in [-0.15, -0.1) is 0 Å². The summed E-state index contributed by atoms with van der Waals surface area (Å²) in [5.41, 5.74) is 4.19. The van der Waals surface area contributed by atoms with Gasteiger partial charge >= 0.3 is 12.2 Å². The van der Waals surface area contributed by atoms with E-state index in [0.29, 0.717) is 60.3 Å². The van der Waals surface area contributed by atoms with Crippen LogP contribution in [0.1, 0.15) is 89.1 Å². The normalized spacial score (nSPS) is 18.9. The first-order valence-electron chi connectivity index (χ1n) is 21.8. The van der Waals surface area contributed by atoms with E-state index < -0.39 is 36.3 Å². The molecule has 2 aromatic carbocycles. The number of carbonyl (C=O) groups excluding carboxylic acids is 4. The molecule has 2 saturated heterocycles. The predicted octanol–water partition coefficient (Wildman–Crippen LogP) is 7.24. The monoisotopic (exact) mass is 890 g/mol.